The monoisotopic (exact) mass is 385 g/mol. The van der Waals surface area contributed by atoms with Gasteiger partial charge in [-0.3, -0.25) is 19.9 Å². The number of carbonyl (C=O) groups is 2. The van der Waals surface area contributed by atoms with Crippen LogP contribution in [0.4, 0.5) is 5.13 Å². The van der Waals surface area contributed by atoms with Crippen molar-refractivity contribution in [1.29, 1.82) is 0 Å². The van der Waals surface area contributed by atoms with Gasteiger partial charge in [-0.25, -0.2) is 4.98 Å². The Bertz CT molecular complexity index is 1070. The van der Waals surface area contributed by atoms with Gasteiger partial charge < -0.3 is 0 Å². The minimum absolute atomic E-state index is 0.0532. The number of hydrogen-bond acceptors (Lipinski definition) is 5. The lowest BCUT2D eigenvalue weighted by atomic mass is 10.0. The van der Waals surface area contributed by atoms with Crippen molar-refractivity contribution in [1.82, 2.24) is 9.97 Å². The number of aromatic nitrogens is 2. The smallest absolute Gasteiger partial charge is 0.258 e. The van der Waals surface area contributed by atoms with Crippen LogP contribution in [0.3, 0.4) is 0 Å². The van der Waals surface area contributed by atoms with Gasteiger partial charge in [0.15, 0.2) is 10.9 Å². The van der Waals surface area contributed by atoms with Gasteiger partial charge in [0.05, 0.1) is 21.7 Å². The van der Waals surface area contributed by atoms with Gasteiger partial charge in [-0.1, -0.05) is 22.9 Å². The highest BCUT2D eigenvalue weighted by Gasteiger charge is 2.25. The number of halogens is 1. The third-order valence-corrected chi connectivity index (χ3v) is 5.95. The lowest BCUT2D eigenvalue weighted by molar-refractivity contribution is 0.101. The van der Waals surface area contributed by atoms with E-state index < -0.39 is 0 Å². The normalized spacial score (nSPS) is 13.0. The van der Waals surface area contributed by atoms with Crippen molar-refractivity contribution in [2.45, 2.75) is 33.1 Å². The summed E-state index contributed by atoms with van der Waals surface area (Å²) in [7, 11) is 0. The molecule has 0 aliphatic heterocycles. The highest BCUT2D eigenvalue weighted by molar-refractivity contribution is 7.17. The zero-order chi connectivity index (χ0) is 18.4. The van der Waals surface area contributed by atoms with Gasteiger partial charge in [0, 0.05) is 23.0 Å². The number of pyridine rings is 1. The van der Waals surface area contributed by atoms with Gasteiger partial charge >= 0.3 is 0 Å². The Balaban J connectivity index is 1.80. The van der Waals surface area contributed by atoms with Crippen LogP contribution in [0.25, 0.3) is 10.9 Å². The quantitative estimate of drug-likeness (QED) is 0.669. The van der Waals surface area contributed by atoms with Crippen LogP contribution >= 0.6 is 22.9 Å². The second kappa shape index (κ2) is 6.45. The van der Waals surface area contributed by atoms with Crippen molar-refractivity contribution in [3.63, 3.8) is 0 Å². The summed E-state index contributed by atoms with van der Waals surface area (Å²) in [5.41, 5.74) is 3.97. The van der Waals surface area contributed by atoms with Gasteiger partial charge in [0.1, 0.15) is 0 Å². The molecule has 0 atom stereocenters. The maximum Gasteiger partial charge on any atom is 0.258 e. The number of anilines is 1. The fraction of sp³-hybridized carbons (Fsp3) is 0.263. The molecule has 7 heteroatoms. The first-order valence-corrected chi connectivity index (χ1v) is 9.54. The third kappa shape index (κ3) is 2.89. The highest BCUT2D eigenvalue weighted by Crippen LogP contribution is 2.32. The topological polar surface area (TPSA) is 72.0 Å². The van der Waals surface area contributed by atoms with Crippen LogP contribution < -0.4 is 5.32 Å². The number of carbonyl (C=O) groups excluding carboxylic acids is 2. The van der Waals surface area contributed by atoms with Gasteiger partial charge in [-0.2, -0.15) is 0 Å². The number of amides is 1. The molecule has 0 unspecified atom stereocenters. The Kier molecular flexibility index (Phi) is 4.25. The van der Waals surface area contributed by atoms with E-state index in [9.17, 15) is 9.59 Å². The molecule has 0 bridgehead atoms. The third-order valence-electron chi connectivity index (χ3n) is 4.54. The largest absolute Gasteiger partial charge is 0.298 e. The number of ketones is 1. The van der Waals surface area contributed by atoms with E-state index in [1.54, 1.807) is 19.1 Å². The van der Waals surface area contributed by atoms with Crippen LogP contribution in [-0.2, 0) is 12.8 Å². The number of aryl methyl sites for hydroxylation is 2. The summed E-state index contributed by atoms with van der Waals surface area (Å²) in [6.07, 6.45) is 2.68. The Morgan fingerprint density at radius 1 is 1.23 bits per heavy atom. The molecule has 1 aliphatic carbocycles. The molecule has 0 fully saturated rings. The lowest BCUT2D eigenvalue weighted by Gasteiger charge is -2.12. The van der Waals surface area contributed by atoms with E-state index >= 15 is 0 Å². The summed E-state index contributed by atoms with van der Waals surface area (Å²) in [5.74, 6) is -0.288. The number of hydrogen-bond donors (Lipinski definition) is 1. The molecule has 0 radical (unpaired) electrons. The predicted molar refractivity (Wildman–Crippen MR) is 104 cm³/mol. The first-order chi connectivity index (χ1) is 12.4. The van der Waals surface area contributed by atoms with Crippen LogP contribution in [0.2, 0.25) is 5.02 Å². The summed E-state index contributed by atoms with van der Waals surface area (Å²) in [6, 6.07) is 5.41. The molecule has 4 rings (SSSR count). The van der Waals surface area contributed by atoms with E-state index in [1.165, 1.54) is 18.3 Å². The van der Waals surface area contributed by atoms with E-state index in [-0.39, 0.29) is 11.7 Å². The predicted octanol–water partition coefficient (Wildman–Crippen LogP) is 4.60. The Morgan fingerprint density at radius 3 is 2.77 bits per heavy atom. The number of Topliss-reactive ketones (excluding diaryl/α,β-unsaturated/α-hetero) is 1. The van der Waals surface area contributed by atoms with Crippen molar-refractivity contribution in [2.75, 3.05) is 5.32 Å². The van der Waals surface area contributed by atoms with Gasteiger partial charge in [-0.05, 0) is 49.9 Å². The van der Waals surface area contributed by atoms with E-state index in [1.807, 2.05) is 6.07 Å². The maximum atomic E-state index is 13.1. The summed E-state index contributed by atoms with van der Waals surface area (Å²) in [6.45, 7) is 3.26. The molecule has 1 aromatic carbocycles. The van der Waals surface area contributed by atoms with Crippen molar-refractivity contribution >= 4 is 50.7 Å². The summed E-state index contributed by atoms with van der Waals surface area (Å²) in [4.78, 5) is 34.3. The molecule has 2 heterocycles. The van der Waals surface area contributed by atoms with E-state index in [0.29, 0.717) is 26.3 Å². The van der Waals surface area contributed by atoms with Crippen molar-refractivity contribution in [2.24, 2.45) is 0 Å². The molecule has 1 N–H and O–H groups in total. The van der Waals surface area contributed by atoms with Gasteiger partial charge in [-0.15, -0.1) is 0 Å². The first kappa shape index (κ1) is 17.1. The Morgan fingerprint density at radius 2 is 2.04 bits per heavy atom. The molecule has 5 nitrogen and oxygen atoms in total. The molecule has 26 heavy (non-hydrogen) atoms. The van der Waals surface area contributed by atoms with Crippen LogP contribution in [0.5, 0.6) is 0 Å². The fourth-order valence-electron chi connectivity index (χ4n) is 3.43. The molecular weight excluding hydrogens is 370 g/mol. The Labute approximate surface area is 159 Å². The zero-order valence-electron chi connectivity index (χ0n) is 14.4. The zero-order valence-corrected chi connectivity index (χ0v) is 15.9. The molecule has 1 aliphatic rings. The summed E-state index contributed by atoms with van der Waals surface area (Å²) in [5, 5.41) is 4.60. The average Bonchev–Trinajstić information content (AvgIpc) is 3.18. The second-order valence-electron chi connectivity index (χ2n) is 6.37. The maximum absolute atomic E-state index is 13.1. The minimum Gasteiger partial charge on any atom is -0.298 e. The van der Waals surface area contributed by atoms with E-state index in [4.69, 9.17) is 16.6 Å². The van der Waals surface area contributed by atoms with Gasteiger partial charge in [0.25, 0.3) is 5.91 Å². The SMILES string of the molecule is CC(=O)c1sc(NC(=O)c2c3c(nc4ccc(Cl)cc24)CCC3)nc1C. The lowest BCUT2D eigenvalue weighted by Crippen LogP contribution is -2.15. The number of fused-ring (bicyclic) bond motifs is 2. The molecule has 0 saturated heterocycles. The van der Waals surface area contributed by atoms with Crippen molar-refractivity contribution in [3.8, 4) is 0 Å². The first-order valence-electron chi connectivity index (χ1n) is 8.35. The molecular formula is C19H16ClN3O2S. The van der Waals surface area contributed by atoms with Crippen LogP contribution in [0.15, 0.2) is 18.2 Å². The summed E-state index contributed by atoms with van der Waals surface area (Å²) < 4.78 is 0. The minimum atomic E-state index is -0.235. The van der Waals surface area contributed by atoms with Crippen LogP contribution in [-0.4, -0.2) is 21.7 Å². The summed E-state index contributed by atoms with van der Waals surface area (Å²) >= 11 is 7.36. The van der Waals surface area contributed by atoms with E-state index in [0.717, 1.165) is 41.4 Å². The van der Waals surface area contributed by atoms with Crippen molar-refractivity contribution in [3.05, 3.63) is 50.6 Å². The number of rotatable bonds is 3. The molecule has 1 amide bonds. The number of nitrogens with zero attached hydrogens (tertiary/aromatic N) is 2. The van der Waals surface area contributed by atoms with Gasteiger partial charge in [0.2, 0.25) is 0 Å². The standard InChI is InChI=1S/C19H16ClN3O2S/c1-9-17(10(2)24)26-19(21-9)23-18(25)16-12-4-3-5-14(12)22-15-7-6-11(20)8-13(15)16/h6-8H,3-5H2,1-2H3,(H,21,23,25). The van der Waals surface area contributed by atoms with Crippen molar-refractivity contribution < 1.29 is 9.59 Å². The molecule has 0 spiro atoms. The number of benzene rings is 1. The number of nitrogens with one attached hydrogen (secondary N) is 1. The fourth-order valence-corrected chi connectivity index (χ4v) is 4.46. The Hall–Kier alpha value is -2.31. The second-order valence-corrected chi connectivity index (χ2v) is 7.81. The van der Waals surface area contributed by atoms with Crippen LogP contribution in [0, 0.1) is 6.92 Å². The molecule has 3 aromatic rings. The highest BCUT2D eigenvalue weighted by atomic mass is 35.5. The average molecular weight is 386 g/mol. The molecule has 2 aromatic heterocycles. The molecule has 132 valence electrons. The van der Waals surface area contributed by atoms with E-state index in [2.05, 4.69) is 10.3 Å². The molecule has 0 saturated carbocycles. The van der Waals surface area contributed by atoms with Crippen LogP contribution in [0.1, 0.15) is 50.3 Å². The number of thiazole rings is 1.